The zero-order chi connectivity index (χ0) is 18.5. The fourth-order valence-corrected chi connectivity index (χ4v) is 4.45. The van der Waals surface area contributed by atoms with Crippen molar-refractivity contribution >= 4 is 23.3 Å². The van der Waals surface area contributed by atoms with Gasteiger partial charge in [0.2, 0.25) is 0 Å². The number of fused-ring (bicyclic) bond motifs is 1. The number of allylic oxidation sites excluding steroid dienone is 1. The summed E-state index contributed by atoms with van der Waals surface area (Å²) >= 11 is 1.70. The number of rotatable bonds is 6. The molecule has 0 unspecified atom stereocenters. The standard InChI is InChI=1S/C21H27N3OS/c1-4-5-6-7-17-10-16(11-23-15(17)2)12-24-9-8-18-19(21(25)22-3)14-26-20(18)13-24/h6-7,10-11,14H,4-5,8-9,12-13H2,1-3H3,(H,22,25)/b7-6-. The molecule has 26 heavy (non-hydrogen) atoms. The van der Waals surface area contributed by atoms with Crippen molar-refractivity contribution < 1.29 is 4.79 Å². The lowest BCUT2D eigenvalue weighted by Gasteiger charge is -2.27. The van der Waals surface area contributed by atoms with E-state index in [9.17, 15) is 4.79 Å². The molecule has 5 heteroatoms. The first kappa shape index (κ1) is 18.8. The number of hydrogen-bond donors (Lipinski definition) is 1. The molecule has 0 spiro atoms. The van der Waals surface area contributed by atoms with Crippen LogP contribution in [0.5, 0.6) is 0 Å². The second kappa shape index (κ2) is 8.60. The van der Waals surface area contributed by atoms with Crippen LogP contribution in [0.2, 0.25) is 0 Å². The second-order valence-corrected chi connectivity index (χ2v) is 7.76. The Bertz CT molecular complexity index is 810. The van der Waals surface area contributed by atoms with Gasteiger partial charge in [0.1, 0.15) is 0 Å². The van der Waals surface area contributed by atoms with E-state index >= 15 is 0 Å². The molecule has 4 nitrogen and oxygen atoms in total. The number of nitrogens with zero attached hydrogens (tertiary/aromatic N) is 2. The molecule has 138 valence electrons. The van der Waals surface area contributed by atoms with Gasteiger partial charge in [-0.1, -0.05) is 25.5 Å². The van der Waals surface area contributed by atoms with Crippen molar-refractivity contribution in [3.63, 3.8) is 0 Å². The van der Waals surface area contributed by atoms with Crippen LogP contribution in [0, 0.1) is 6.92 Å². The van der Waals surface area contributed by atoms with Crippen molar-refractivity contribution in [2.24, 2.45) is 0 Å². The molecule has 0 saturated heterocycles. The molecule has 3 rings (SSSR count). The van der Waals surface area contributed by atoms with E-state index in [1.807, 2.05) is 11.6 Å². The third-order valence-corrected chi connectivity index (χ3v) is 5.85. The number of carbonyl (C=O) groups excluding carboxylic acids is 1. The van der Waals surface area contributed by atoms with Crippen LogP contribution in [-0.4, -0.2) is 29.4 Å². The SMILES string of the molecule is CCC/C=C\c1cc(CN2CCc3c(C(=O)NC)csc3C2)cnc1C. The van der Waals surface area contributed by atoms with E-state index in [-0.39, 0.29) is 5.91 Å². The number of thiophene rings is 1. The second-order valence-electron chi connectivity index (χ2n) is 6.80. The molecule has 2 aromatic rings. The molecule has 0 fully saturated rings. The highest BCUT2D eigenvalue weighted by atomic mass is 32.1. The highest BCUT2D eigenvalue weighted by Gasteiger charge is 2.23. The lowest BCUT2D eigenvalue weighted by atomic mass is 10.0. The van der Waals surface area contributed by atoms with Gasteiger partial charge >= 0.3 is 0 Å². The van der Waals surface area contributed by atoms with Crippen LogP contribution < -0.4 is 5.32 Å². The largest absolute Gasteiger partial charge is 0.355 e. The minimum Gasteiger partial charge on any atom is -0.355 e. The predicted octanol–water partition coefficient (Wildman–Crippen LogP) is 4.18. The van der Waals surface area contributed by atoms with Crippen molar-refractivity contribution in [1.82, 2.24) is 15.2 Å². The zero-order valence-electron chi connectivity index (χ0n) is 15.8. The van der Waals surface area contributed by atoms with E-state index in [4.69, 9.17) is 0 Å². The number of hydrogen-bond acceptors (Lipinski definition) is 4. The number of nitrogens with one attached hydrogen (secondary N) is 1. The van der Waals surface area contributed by atoms with Gasteiger partial charge in [0.25, 0.3) is 5.91 Å². The van der Waals surface area contributed by atoms with Crippen LogP contribution in [0.1, 0.15) is 57.4 Å². The zero-order valence-corrected chi connectivity index (χ0v) is 16.7. The summed E-state index contributed by atoms with van der Waals surface area (Å²) in [5.41, 5.74) is 5.63. The fourth-order valence-electron chi connectivity index (χ4n) is 3.33. The van der Waals surface area contributed by atoms with E-state index in [1.54, 1.807) is 18.4 Å². The maximum absolute atomic E-state index is 12.0. The lowest BCUT2D eigenvalue weighted by Crippen LogP contribution is -2.30. The molecule has 3 heterocycles. The Balaban J connectivity index is 1.70. The van der Waals surface area contributed by atoms with Gasteiger partial charge in [-0.15, -0.1) is 11.3 Å². The smallest absolute Gasteiger partial charge is 0.252 e. The molecule has 2 aromatic heterocycles. The van der Waals surface area contributed by atoms with Crippen molar-refractivity contribution in [2.45, 2.75) is 46.2 Å². The van der Waals surface area contributed by atoms with E-state index in [0.717, 1.165) is 50.2 Å². The molecule has 0 radical (unpaired) electrons. The predicted molar refractivity (Wildman–Crippen MR) is 108 cm³/mol. The summed E-state index contributed by atoms with van der Waals surface area (Å²) in [4.78, 5) is 20.3. The molecule has 1 aliphatic rings. The van der Waals surface area contributed by atoms with Crippen LogP contribution in [0.25, 0.3) is 6.08 Å². The number of pyridine rings is 1. The molecule has 0 aromatic carbocycles. The molecule has 0 saturated carbocycles. The summed E-state index contributed by atoms with van der Waals surface area (Å²) in [7, 11) is 1.69. The summed E-state index contributed by atoms with van der Waals surface area (Å²) in [6.07, 6.45) is 9.62. The molecule has 0 bridgehead atoms. The number of aryl methyl sites for hydroxylation is 1. The van der Waals surface area contributed by atoms with Gasteiger partial charge in [-0.05, 0) is 42.5 Å². The Morgan fingerprint density at radius 3 is 3.08 bits per heavy atom. The summed E-state index contributed by atoms with van der Waals surface area (Å²) in [6, 6.07) is 2.26. The number of unbranched alkanes of at least 4 members (excludes halogenated alkanes) is 1. The van der Waals surface area contributed by atoms with Crippen LogP contribution in [0.15, 0.2) is 23.7 Å². The minimum absolute atomic E-state index is 0.0298. The molecule has 1 aliphatic heterocycles. The highest BCUT2D eigenvalue weighted by molar-refractivity contribution is 7.10. The van der Waals surface area contributed by atoms with Gasteiger partial charge < -0.3 is 5.32 Å². The Kier molecular flexibility index (Phi) is 6.22. The molecule has 0 atom stereocenters. The van der Waals surface area contributed by atoms with Crippen LogP contribution >= 0.6 is 11.3 Å². The maximum Gasteiger partial charge on any atom is 0.252 e. The topological polar surface area (TPSA) is 45.2 Å². The van der Waals surface area contributed by atoms with Gasteiger partial charge in [0, 0.05) is 48.8 Å². The van der Waals surface area contributed by atoms with Gasteiger partial charge in [-0.25, -0.2) is 0 Å². The Morgan fingerprint density at radius 1 is 1.46 bits per heavy atom. The minimum atomic E-state index is 0.0298. The maximum atomic E-state index is 12.0. The normalized spacial score (nSPS) is 14.6. The van der Waals surface area contributed by atoms with Crippen LogP contribution in [-0.2, 0) is 19.5 Å². The first-order valence-electron chi connectivity index (χ1n) is 9.28. The Hall–Kier alpha value is -1.98. The van der Waals surface area contributed by atoms with E-state index in [1.165, 1.54) is 21.6 Å². The molecule has 1 amide bonds. The highest BCUT2D eigenvalue weighted by Crippen LogP contribution is 2.29. The van der Waals surface area contributed by atoms with Crippen LogP contribution in [0.4, 0.5) is 0 Å². The van der Waals surface area contributed by atoms with Crippen molar-refractivity contribution in [1.29, 1.82) is 0 Å². The summed E-state index contributed by atoms with van der Waals surface area (Å²) in [6.45, 7) is 7.04. The quantitative estimate of drug-likeness (QED) is 0.831. The first-order chi connectivity index (χ1) is 12.6. The molecule has 1 N–H and O–H groups in total. The van der Waals surface area contributed by atoms with Crippen LogP contribution in [0.3, 0.4) is 0 Å². The Labute approximate surface area is 160 Å². The lowest BCUT2D eigenvalue weighted by molar-refractivity contribution is 0.0961. The fraction of sp³-hybridized carbons (Fsp3) is 0.429. The number of aromatic nitrogens is 1. The van der Waals surface area contributed by atoms with Gasteiger partial charge in [0.05, 0.1) is 5.56 Å². The molecule has 0 aliphatic carbocycles. The van der Waals surface area contributed by atoms with Crippen molar-refractivity contribution in [3.05, 3.63) is 56.5 Å². The van der Waals surface area contributed by atoms with E-state index in [0.29, 0.717) is 0 Å². The van der Waals surface area contributed by atoms with E-state index < -0.39 is 0 Å². The summed E-state index contributed by atoms with van der Waals surface area (Å²) in [5, 5.41) is 4.74. The average molecular weight is 370 g/mol. The third-order valence-electron chi connectivity index (χ3n) is 4.84. The Morgan fingerprint density at radius 2 is 2.31 bits per heavy atom. The van der Waals surface area contributed by atoms with Gasteiger partial charge in [0.15, 0.2) is 0 Å². The van der Waals surface area contributed by atoms with Crippen molar-refractivity contribution in [3.8, 4) is 0 Å². The molecular formula is C21H27N3OS. The third kappa shape index (κ3) is 4.22. The molecular weight excluding hydrogens is 342 g/mol. The summed E-state index contributed by atoms with van der Waals surface area (Å²) < 4.78 is 0. The van der Waals surface area contributed by atoms with Crippen molar-refractivity contribution in [2.75, 3.05) is 13.6 Å². The average Bonchev–Trinajstić information content (AvgIpc) is 3.07. The van der Waals surface area contributed by atoms with E-state index in [2.05, 4.69) is 47.3 Å². The van der Waals surface area contributed by atoms with Gasteiger partial charge in [-0.3, -0.25) is 14.7 Å². The monoisotopic (exact) mass is 369 g/mol. The first-order valence-corrected chi connectivity index (χ1v) is 10.2. The number of amides is 1. The summed E-state index contributed by atoms with van der Waals surface area (Å²) in [5.74, 6) is 0.0298. The van der Waals surface area contributed by atoms with Gasteiger partial charge in [-0.2, -0.15) is 0 Å². The number of carbonyl (C=O) groups is 1.